The highest BCUT2D eigenvalue weighted by Gasteiger charge is 2.40. The normalized spacial score (nSPS) is 35.5. The first kappa shape index (κ1) is 16.1. The van der Waals surface area contributed by atoms with Gasteiger partial charge in [0, 0.05) is 12.6 Å². The molecule has 1 rings (SSSR count). The van der Waals surface area contributed by atoms with Gasteiger partial charge in [0.25, 0.3) is 0 Å². The summed E-state index contributed by atoms with van der Waals surface area (Å²) in [7, 11) is 0. The first-order valence-electron chi connectivity index (χ1n) is 6.72. The number of hydrogen-bond acceptors (Lipinski definition) is 5. The van der Waals surface area contributed by atoms with E-state index in [4.69, 9.17) is 0 Å². The van der Waals surface area contributed by atoms with Crippen molar-refractivity contribution in [1.82, 2.24) is 10.6 Å². The van der Waals surface area contributed by atoms with Gasteiger partial charge in [-0.25, -0.2) is 0 Å². The van der Waals surface area contributed by atoms with Crippen molar-refractivity contribution in [2.45, 2.75) is 57.1 Å². The summed E-state index contributed by atoms with van der Waals surface area (Å²) in [6, 6.07) is -0.812. The van der Waals surface area contributed by atoms with Crippen LogP contribution in [0.1, 0.15) is 26.7 Å². The van der Waals surface area contributed by atoms with Crippen molar-refractivity contribution in [2.75, 3.05) is 6.54 Å². The lowest BCUT2D eigenvalue weighted by molar-refractivity contribution is -0.120. The maximum Gasteiger partial charge on any atom is 0.243 e. The van der Waals surface area contributed by atoms with Crippen LogP contribution in [0.4, 0.5) is 0 Å². The molecule has 1 fully saturated rings. The Bertz CT molecular complexity index is 322. The van der Waals surface area contributed by atoms with Crippen molar-refractivity contribution in [2.24, 2.45) is 0 Å². The lowest BCUT2D eigenvalue weighted by Gasteiger charge is -2.40. The molecule has 0 aromatic rings. The molecule has 1 heterocycles. The second kappa shape index (κ2) is 7.59. The number of piperidine rings is 1. The minimum atomic E-state index is -1.20. The Balaban J connectivity index is 2.42. The number of allylic oxidation sites excluding steroid dienone is 1. The summed E-state index contributed by atoms with van der Waals surface area (Å²) in [5.74, 6) is -0.226. The Morgan fingerprint density at radius 1 is 1.26 bits per heavy atom. The van der Waals surface area contributed by atoms with E-state index < -0.39 is 24.4 Å². The number of unbranched alkanes of at least 4 members (excludes halogenated alkanes) is 1. The molecule has 0 unspecified atom stereocenters. The predicted octanol–water partition coefficient (Wildman–Crippen LogP) is -1.10. The zero-order chi connectivity index (χ0) is 14.4. The average Bonchev–Trinajstić information content (AvgIpc) is 2.39. The minimum absolute atomic E-state index is 0.199. The second-order valence-corrected chi connectivity index (χ2v) is 4.97. The molecule has 5 atom stereocenters. The van der Waals surface area contributed by atoms with Crippen LogP contribution in [-0.2, 0) is 4.79 Å². The van der Waals surface area contributed by atoms with Crippen molar-refractivity contribution in [1.29, 1.82) is 0 Å². The smallest absolute Gasteiger partial charge is 0.243 e. The molecule has 0 aliphatic carbocycles. The maximum absolute atomic E-state index is 11.5. The average molecular weight is 272 g/mol. The molecule has 1 saturated heterocycles. The van der Waals surface area contributed by atoms with E-state index in [1.54, 1.807) is 13.0 Å². The summed E-state index contributed by atoms with van der Waals surface area (Å²) in [4.78, 5) is 11.5. The van der Waals surface area contributed by atoms with Crippen LogP contribution in [0, 0.1) is 0 Å². The van der Waals surface area contributed by atoms with E-state index in [9.17, 15) is 20.1 Å². The number of carbonyl (C=O) groups is 1. The SMILES string of the molecule is CCC/C=C/C(=O)NC[C@H]1N[C@@H](C)[C@@H](O)[C@@H](O)[C@@H]1O. The molecule has 0 bridgehead atoms. The Labute approximate surface area is 113 Å². The standard InChI is InChI=1S/C13H24N2O4/c1-3-4-5-6-10(16)14-7-9-12(18)13(19)11(17)8(2)15-9/h5-6,8-9,11-13,15,17-19H,3-4,7H2,1-2H3,(H,14,16)/b6-5+/t8-,9+,11+,12+,13+/m0/s1. The molecule has 0 radical (unpaired) electrons. The van der Waals surface area contributed by atoms with Crippen LogP contribution in [-0.4, -0.2) is 58.2 Å². The number of nitrogens with one attached hydrogen (secondary N) is 2. The fraction of sp³-hybridized carbons (Fsp3) is 0.769. The van der Waals surface area contributed by atoms with Gasteiger partial charge in [-0.15, -0.1) is 0 Å². The van der Waals surface area contributed by atoms with Gasteiger partial charge in [-0.2, -0.15) is 0 Å². The maximum atomic E-state index is 11.5. The van der Waals surface area contributed by atoms with E-state index in [0.29, 0.717) is 0 Å². The van der Waals surface area contributed by atoms with Gasteiger partial charge in [-0.1, -0.05) is 19.4 Å². The zero-order valence-corrected chi connectivity index (χ0v) is 11.4. The van der Waals surface area contributed by atoms with Gasteiger partial charge in [0.15, 0.2) is 0 Å². The van der Waals surface area contributed by atoms with Gasteiger partial charge in [-0.05, 0) is 19.4 Å². The molecule has 110 valence electrons. The van der Waals surface area contributed by atoms with Crippen LogP contribution in [0.25, 0.3) is 0 Å². The summed E-state index contributed by atoms with van der Waals surface area (Å²) < 4.78 is 0. The number of aliphatic hydroxyl groups excluding tert-OH is 3. The fourth-order valence-corrected chi connectivity index (χ4v) is 2.08. The number of aliphatic hydroxyl groups is 3. The highest BCUT2D eigenvalue weighted by atomic mass is 16.4. The van der Waals surface area contributed by atoms with Crippen molar-refractivity contribution in [3.63, 3.8) is 0 Å². The molecule has 1 amide bonds. The largest absolute Gasteiger partial charge is 0.389 e. The lowest BCUT2D eigenvalue weighted by atomic mass is 9.91. The second-order valence-electron chi connectivity index (χ2n) is 4.97. The Kier molecular flexibility index (Phi) is 6.44. The molecule has 0 saturated carbocycles. The van der Waals surface area contributed by atoms with Gasteiger partial charge in [0.05, 0.1) is 18.2 Å². The molecule has 0 aromatic heterocycles. The van der Waals surface area contributed by atoms with Crippen LogP contribution in [0.15, 0.2) is 12.2 Å². The monoisotopic (exact) mass is 272 g/mol. The summed E-state index contributed by atoms with van der Waals surface area (Å²) >= 11 is 0. The van der Waals surface area contributed by atoms with Crippen molar-refractivity contribution in [3.8, 4) is 0 Å². The summed E-state index contributed by atoms with van der Waals surface area (Å²) in [5.41, 5.74) is 0. The van der Waals surface area contributed by atoms with E-state index in [0.717, 1.165) is 12.8 Å². The predicted molar refractivity (Wildman–Crippen MR) is 71.5 cm³/mol. The van der Waals surface area contributed by atoms with E-state index in [2.05, 4.69) is 10.6 Å². The zero-order valence-electron chi connectivity index (χ0n) is 11.4. The summed E-state index contributed by atoms with van der Waals surface area (Å²) in [5, 5.41) is 34.7. The molecule has 5 N–H and O–H groups in total. The van der Waals surface area contributed by atoms with Crippen molar-refractivity contribution in [3.05, 3.63) is 12.2 Å². The highest BCUT2D eigenvalue weighted by molar-refractivity contribution is 5.87. The third kappa shape index (κ3) is 4.58. The molecule has 19 heavy (non-hydrogen) atoms. The van der Waals surface area contributed by atoms with Gasteiger partial charge < -0.3 is 26.0 Å². The van der Waals surface area contributed by atoms with Crippen LogP contribution < -0.4 is 10.6 Å². The van der Waals surface area contributed by atoms with E-state index in [-0.39, 0.29) is 18.5 Å². The molecular formula is C13H24N2O4. The molecular weight excluding hydrogens is 248 g/mol. The third-order valence-electron chi connectivity index (χ3n) is 3.32. The number of rotatable bonds is 5. The molecule has 0 aromatic carbocycles. The van der Waals surface area contributed by atoms with Gasteiger partial charge in [0.1, 0.15) is 6.10 Å². The first-order chi connectivity index (χ1) is 8.97. The van der Waals surface area contributed by atoms with Crippen molar-refractivity contribution < 1.29 is 20.1 Å². The molecule has 0 spiro atoms. The lowest BCUT2D eigenvalue weighted by Crippen LogP contribution is -2.66. The Morgan fingerprint density at radius 2 is 1.95 bits per heavy atom. The molecule has 1 aliphatic rings. The fourth-order valence-electron chi connectivity index (χ4n) is 2.08. The van der Waals surface area contributed by atoms with E-state index >= 15 is 0 Å². The Morgan fingerprint density at radius 3 is 2.58 bits per heavy atom. The van der Waals surface area contributed by atoms with E-state index in [1.165, 1.54) is 6.08 Å². The number of hydrogen-bond donors (Lipinski definition) is 5. The van der Waals surface area contributed by atoms with Gasteiger partial charge in [0.2, 0.25) is 5.91 Å². The molecule has 6 heteroatoms. The van der Waals surface area contributed by atoms with Crippen LogP contribution in [0.5, 0.6) is 0 Å². The van der Waals surface area contributed by atoms with Crippen LogP contribution >= 0.6 is 0 Å². The quantitative estimate of drug-likeness (QED) is 0.409. The van der Waals surface area contributed by atoms with Gasteiger partial charge in [-0.3, -0.25) is 4.79 Å². The van der Waals surface area contributed by atoms with Crippen molar-refractivity contribution >= 4 is 5.91 Å². The number of carbonyl (C=O) groups excluding carboxylic acids is 1. The third-order valence-corrected chi connectivity index (χ3v) is 3.32. The molecule has 6 nitrogen and oxygen atoms in total. The Hall–Kier alpha value is -0.950. The minimum Gasteiger partial charge on any atom is -0.389 e. The topological polar surface area (TPSA) is 102 Å². The first-order valence-corrected chi connectivity index (χ1v) is 6.72. The van der Waals surface area contributed by atoms with Gasteiger partial charge >= 0.3 is 0 Å². The summed E-state index contributed by atoms with van der Waals surface area (Å²) in [6.07, 6.45) is 1.77. The highest BCUT2D eigenvalue weighted by Crippen LogP contribution is 2.14. The van der Waals surface area contributed by atoms with Crippen LogP contribution in [0.3, 0.4) is 0 Å². The summed E-state index contributed by atoms with van der Waals surface area (Å²) in [6.45, 7) is 3.94. The number of amides is 1. The molecule has 1 aliphatic heterocycles. The van der Waals surface area contributed by atoms with E-state index in [1.807, 2.05) is 6.92 Å². The van der Waals surface area contributed by atoms with Crippen LogP contribution in [0.2, 0.25) is 0 Å².